The molecule has 0 aromatic heterocycles. The van der Waals surface area contributed by atoms with Gasteiger partial charge in [-0.3, -0.25) is 19.5 Å². The summed E-state index contributed by atoms with van der Waals surface area (Å²) in [5.74, 6) is 1.68. The van der Waals surface area contributed by atoms with Crippen LogP contribution in [0.4, 0.5) is 5.69 Å². The van der Waals surface area contributed by atoms with Crippen LogP contribution in [0.15, 0.2) is 29.3 Å². The molecule has 1 saturated heterocycles. The Morgan fingerprint density at radius 3 is 2.65 bits per heavy atom. The van der Waals surface area contributed by atoms with Crippen molar-refractivity contribution in [1.82, 2.24) is 20.4 Å². The Morgan fingerprint density at radius 2 is 1.94 bits per heavy atom. The summed E-state index contributed by atoms with van der Waals surface area (Å²) in [6.45, 7) is 9.11. The number of piperazine rings is 1. The van der Waals surface area contributed by atoms with Gasteiger partial charge in [-0.1, -0.05) is 12.1 Å². The van der Waals surface area contributed by atoms with Gasteiger partial charge in [-0.25, -0.2) is 0 Å². The van der Waals surface area contributed by atoms with Gasteiger partial charge in [-0.15, -0.1) is 0 Å². The van der Waals surface area contributed by atoms with Gasteiger partial charge in [0.25, 0.3) is 5.91 Å². The van der Waals surface area contributed by atoms with Crippen LogP contribution in [0, 0.1) is 0 Å². The Hall–Kier alpha value is -2.81. The Balaban J connectivity index is 1.41. The number of hydrogen-bond donors (Lipinski definition) is 2. The maximum absolute atomic E-state index is 12.3. The fourth-order valence-corrected chi connectivity index (χ4v) is 3.86. The van der Waals surface area contributed by atoms with Crippen LogP contribution >= 0.6 is 0 Å². The SMILES string of the molecule is CN=C(NCCCN1C(=O)COc2ccccc21)N1CCN(CC(=O)NC(C)C)CC1. The standard InChI is InChI=1S/C22H34N6O3/c1-17(2)25-20(29)15-26-11-13-27(14-12-26)22(23-3)24-9-6-10-28-18-7-4-5-8-19(18)31-16-21(28)30/h4-5,7-8,17H,6,9-16H2,1-3H3,(H,23,24)(H,25,29). The summed E-state index contributed by atoms with van der Waals surface area (Å²) >= 11 is 0. The maximum Gasteiger partial charge on any atom is 0.265 e. The predicted molar refractivity (Wildman–Crippen MR) is 122 cm³/mol. The average molecular weight is 431 g/mol. The number of nitrogens with zero attached hydrogens (tertiary/aromatic N) is 4. The van der Waals surface area contributed by atoms with Gasteiger partial charge in [0.15, 0.2) is 12.6 Å². The first-order valence-electron chi connectivity index (χ1n) is 11.0. The molecule has 1 aromatic rings. The minimum Gasteiger partial charge on any atom is -0.482 e. The van der Waals surface area contributed by atoms with Crippen molar-refractivity contribution in [2.45, 2.75) is 26.3 Å². The lowest BCUT2D eigenvalue weighted by Crippen LogP contribution is -2.54. The largest absolute Gasteiger partial charge is 0.482 e. The van der Waals surface area contributed by atoms with E-state index < -0.39 is 0 Å². The van der Waals surface area contributed by atoms with Crippen molar-refractivity contribution in [2.24, 2.45) is 4.99 Å². The highest BCUT2D eigenvalue weighted by molar-refractivity contribution is 5.97. The summed E-state index contributed by atoms with van der Waals surface area (Å²) in [6.07, 6.45) is 0.800. The third-order valence-electron chi connectivity index (χ3n) is 5.35. The van der Waals surface area contributed by atoms with Crippen molar-refractivity contribution in [2.75, 3.05) is 64.4 Å². The van der Waals surface area contributed by atoms with Crippen LogP contribution in [0.25, 0.3) is 0 Å². The van der Waals surface area contributed by atoms with Crippen molar-refractivity contribution in [1.29, 1.82) is 0 Å². The molecule has 9 nitrogen and oxygen atoms in total. The molecular weight excluding hydrogens is 396 g/mol. The van der Waals surface area contributed by atoms with Crippen LogP contribution in [-0.4, -0.2) is 93.1 Å². The van der Waals surface area contributed by atoms with Crippen molar-refractivity contribution in [3.8, 4) is 5.75 Å². The van der Waals surface area contributed by atoms with Gasteiger partial charge in [-0.05, 0) is 32.4 Å². The van der Waals surface area contributed by atoms with E-state index >= 15 is 0 Å². The lowest BCUT2D eigenvalue weighted by Gasteiger charge is -2.36. The van der Waals surface area contributed by atoms with Crippen molar-refractivity contribution < 1.29 is 14.3 Å². The number of rotatable bonds is 7. The molecular formula is C22H34N6O3. The number of aliphatic imine (C=N–C) groups is 1. The highest BCUT2D eigenvalue weighted by atomic mass is 16.5. The molecule has 0 aliphatic carbocycles. The highest BCUT2D eigenvalue weighted by Crippen LogP contribution is 2.31. The molecule has 2 N–H and O–H groups in total. The average Bonchev–Trinajstić information content (AvgIpc) is 2.75. The third-order valence-corrected chi connectivity index (χ3v) is 5.35. The van der Waals surface area contributed by atoms with Crippen LogP contribution in [0.5, 0.6) is 5.75 Å². The van der Waals surface area contributed by atoms with Crippen LogP contribution in [0.2, 0.25) is 0 Å². The number of ether oxygens (including phenoxy) is 1. The molecule has 2 amide bonds. The zero-order valence-electron chi connectivity index (χ0n) is 18.8. The van der Waals surface area contributed by atoms with E-state index in [9.17, 15) is 9.59 Å². The molecule has 0 unspecified atom stereocenters. The number of fused-ring (bicyclic) bond motifs is 1. The van der Waals surface area contributed by atoms with Crippen LogP contribution < -0.4 is 20.3 Å². The summed E-state index contributed by atoms with van der Waals surface area (Å²) in [5.41, 5.74) is 0.834. The van der Waals surface area contributed by atoms with Gasteiger partial charge >= 0.3 is 0 Å². The number of hydrogen-bond acceptors (Lipinski definition) is 5. The molecule has 0 radical (unpaired) electrons. The number of carbonyl (C=O) groups excluding carboxylic acids is 2. The number of para-hydroxylation sites is 2. The Bertz CT molecular complexity index is 789. The Morgan fingerprint density at radius 1 is 1.19 bits per heavy atom. The van der Waals surface area contributed by atoms with Crippen molar-refractivity contribution in [3.05, 3.63) is 24.3 Å². The minimum absolute atomic E-state index is 0.0132. The number of anilines is 1. The minimum atomic E-state index is -0.0132. The van der Waals surface area contributed by atoms with Crippen LogP contribution in [0.3, 0.4) is 0 Å². The van der Waals surface area contributed by atoms with Gasteiger partial charge in [-0.2, -0.15) is 0 Å². The lowest BCUT2D eigenvalue weighted by atomic mass is 10.2. The summed E-state index contributed by atoms with van der Waals surface area (Å²) in [6, 6.07) is 7.80. The van der Waals surface area contributed by atoms with E-state index in [4.69, 9.17) is 4.74 Å². The normalized spacial score (nSPS) is 17.4. The first-order valence-corrected chi connectivity index (χ1v) is 11.0. The second-order valence-electron chi connectivity index (χ2n) is 8.11. The van der Waals surface area contributed by atoms with E-state index in [0.29, 0.717) is 13.1 Å². The van der Waals surface area contributed by atoms with E-state index in [2.05, 4.69) is 25.4 Å². The lowest BCUT2D eigenvalue weighted by molar-refractivity contribution is -0.123. The van der Waals surface area contributed by atoms with Gasteiger partial charge in [0.05, 0.1) is 12.2 Å². The van der Waals surface area contributed by atoms with Crippen LogP contribution in [-0.2, 0) is 9.59 Å². The molecule has 2 heterocycles. The van der Waals surface area contributed by atoms with Gasteiger partial charge < -0.3 is 25.2 Å². The van der Waals surface area contributed by atoms with Crippen LogP contribution in [0.1, 0.15) is 20.3 Å². The fraction of sp³-hybridized carbons (Fsp3) is 0.591. The number of guanidine groups is 1. The number of amides is 2. The zero-order valence-corrected chi connectivity index (χ0v) is 18.8. The first-order chi connectivity index (χ1) is 15.0. The van der Waals surface area contributed by atoms with E-state index in [1.165, 1.54) is 0 Å². The molecule has 2 aliphatic heterocycles. The van der Waals surface area contributed by atoms with E-state index in [-0.39, 0.29) is 24.5 Å². The highest BCUT2D eigenvalue weighted by Gasteiger charge is 2.25. The summed E-state index contributed by atoms with van der Waals surface area (Å²) in [7, 11) is 1.78. The molecule has 2 aliphatic rings. The molecule has 0 bridgehead atoms. The third kappa shape index (κ3) is 6.33. The monoisotopic (exact) mass is 430 g/mol. The maximum atomic E-state index is 12.3. The fourth-order valence-electron chi connectivity index (χ4n) is 3.86. The number of benzene rings is 1. The summed E-state index contributed by atoms with van der Waals surface area (Å²) in [5, 5.41) is 6.35. The number of nitrogens with one attached hydrogen (secondary N) is 2. The molecule has 0 saturated carbocycles. The quantitative estimate of drug-likeness (QED) is 0.373. The molecule has 0 spiro atoms. The molecule has 170 valence electrons. The molecule has 3 rings (SSSR count). The molecule has 0 atom stereocenters. The first kappa shape index (κ1) is 22.9. The molecule has 1 aromatic carbocycles. The second kappa shape index (κ2) is 11.0. The molecule has 31 heavy (non-hydrogen) atoms. The van der Waals surface area contributed by atoms with Crippen molar-refractivity contribution >= 4 is 23.5 Å². The van der Waals surface area contributed by atoms with E-state index in [1.807, 2.05) is 38.1 Å². The van der Waals surface area contributed by atoms with Crippen molar-refractivity contribution in [3.63, 3.8) is 0 Å². The Kier molecular flexibility index (Phi) is 8.11. The summed E-state index contributed by atoms with van der Waals surface area (Å²) in [4.78, 5) is 34.8. The van der Waals surface area contributed by atoms with E-state index in [0.717, 1.165) is 56.5 Å². The second-order valence-corrected chi connectivity index (χ2v) is 8.11. The van der Waals surface area contributed by atoms with Gasteiger partial charge in [0, 0.05) is 52.4 Å². The Labute approximate surface area is 184 Å². The van der Waals surface area contributed by atoms with E-state index in [1.54, 1.807) is 11.9 Å². The molecule has 9 heteroatoms. The number of carbonyl (C=O) groups is 2. The van der Waals surface area contributed by atoms with Gasteiger partial charge in [0.1, 0.15) is 5.75 Å². The van der Waals surface area contributed by atoms with Gasteiger partial charge in [0.2, 0.25) is 5.91 Å². The summed E-state index contributed by atoms with van der Waals surface area (Å²) < 4.78 is 5.50. The predicted octanol–water partition coefficient (Wildman–Crippen LogP) is 0.520. The topological polar surface area (TPSA) is 89.5 Å². The zero-order chi connectivity index (χ0) is 22.2. The smallest absolute Gasteiger partial charge is 0.265 e. The molecule has 1 fully saturated rings.